The molecule has 0 saturated carbocycles. The van der Waals surface area contributed by atoms with E-state index in [1.54, 1.807) is 24.3 Å². The van der Waals surface area contributed by atoms with Gasteiger partial charge in [-0.15, -0.1) is 0 Å². The van der Waals surface area contributed by atoms with Gasteiger partial charge >= 0.3 is 5.69 Å². The molecule has 2 aromatic rings. The number of nitrogens with zero attached hydrogens (tertiary/aromatic N) is 3. The molecule has 2 rings (SSSR count). The SMILES string of the molecule is CN(Cc1ccc(Cl)cc1)S(=O)(=O)c1cn(C)c(=O)n(C)c1=O. The van der Waals surface area contributed by atoms with Crippen LogP contribution in [0.3, 0.4) is 0 Å². The zero-order valence-corrected chi connectivity index (χ0v) is 14.4. The molecule has 124 valence electrons. The average molecular weight is 358 g/mol. The van der Waals surface area contributed by atoms with Gasteiger partial charge in [-0.25, -0.2) is 13.2 Å². The van der Waals surface area contributed by atoms with Gasteiger partial charge in [-0.2, -0.15) is 4.31 Å². The smallest absolute Gasteiger partial charge is 0.302 e. The van der Waals surface area contributed by atoms with Crippen molar-refractivity contribution >= 4 is 21.6 Å². The summed E-state index contributed by atoms with van der Waals surface area (Å²) in [5, 5.41) is 0.547. The lowest BCUT2D eigenvalue weighted by atomic mass is 10.2. The van der Waals surface area contributed by atoms with Gasteiger partial charge in [-0.3, -0.25) is 9.36 Å². The summed E-state index contributed by atoms with van der Waals surface area (Å²) in [6.45, 7) is 0.0749. The van der Waals surface area contributed by atoms with Crippen molar-refractivity contribution in [2.24, 2.45) is 14.1 Å². The highest BCUT2D eigenvalue weighted by Crippen LogP contribution is 2.15. The Morgan fingerprint density at radius 3 is 2.26 bits per heavy atom. The van der Waals surface area contributed by atoms with Gasteiger partial charge in [-0.05, 0) is 17.7 Å². The highest BCUT2D eigenvalue weighted by molar-refractivity contribution is 7.89. The minimum Gasteiger partial charge on any atom is -0.302 e. The van der Waals surface area contributed by atoms with E-state index >= 15 is 0 Å². The summed E-state index contributed by atoms with van der Waals surface area (Å²) in [4.78, 5) is 23.3. The summed E-state index contributed by atoms with van der Waals surface area (Å²) in [7, 11) is -0.0351. The first kappa shape index (κ1) is 17.5. The highest BCUT2D eigenvalue weighted by Gasteiger charge is 2.26. The normalized spacial score (nSPS) is 11.9. The first-order valence-electron chi connectivity index (χ1n) is 6.62. The maximum Gasteiger partial charge on any atom is 0.330 e. The maximum absolute atomic E-state index is 12.6. The Morgan fingerprint density at radius 1 is 1.13 bits per heavy atom. The van der Waals surface area contributed by atoms with Gasteiger partial charge in [0.15, 0.2) is 4.90 Å². The molecule has 0 amide bonds. The molecule has 0 atom stereocenters. The molecule has 1 aromatic heterocycles. The Morgan fingerprint density at radius 2 is 1.70 bits per heavy atom. The van der Waals surface area contributed by atoms with E-state index in [0.717, 1.165) is 25.2 Å². The number of benzene rings is 1. The predicted molar refractivity (Wildman–Crippen MR) is 87.0 cm³/mol. The molecule has 0 aliphatic carbocycles. The van der Waals surface area contributed by atoms with Gasteiger partial charge < -0.3 is 4.57 Å². The second-order valence-corrected chi connectivity index (χ2v) is 7.59. The first-order chi connectivity index (χ1) is 10.6. The van der Waals surface area contributed by atoms with Crippen LogP contribution in [0.1, 0.15) is 5.56 Å². The fraction of sp³-hybridized carbons (Fsp3) is 0.286. The zero-order valence-electron chi connectivity index (χ0n) is 12.9. The number of sulfonamides is 1. The highest BCUT2D eigenvalue weighted by atomic mass is 35.5. The molecule has 0 saturated heterocycles. The largest absolute Gasteiger partial charge is 0.330 e. The lowest BCUT2D eigenvalue weighted by Gasteiger charge is -2.17. The predicted octanol–water partition coefficient (Wildman–Crippen LogP) is 0.558. The number of rotatable bonds is 4. The Bertz CT molecular complexity index is 945. The van der Waals surface area contributed by atoms with E-state index in [4.69, 9.17) is 11.6 Å². The summed E-state index contributed by atoms with van der Waals surface area (Å²) in [5.74, 6) is 0. The number of halogens is 1. The average Bonchev–Trinajstić information content (AvgIpc) is 2.50. The summed E-state index contributed by atoms with van der Waals surface area (Å²) >= 11 is 5.80. The van der Waals surface area contributed by atoms with Crippen LogP contribution in [0.2, 0.25) is 5.02 Å². The second kappa shape index (κ2) is 6.31. The Hall–Kier alpha value is -1.90. The van der Waals surface area contributed by atoms with E-state index in [9.17, 15) is 18.0 Å². The Labute approximate surface area is 138 Å². The molecule has 0 aliphatic heterocycles. The van der Waals surface area contributed by atoms with Gasteiger partial charge in [0, 0.05) is 38.9 Å². The van der Waals surface area contributed by atoms with Crippen molar-refractivity contribution in [3.63, 3.8) is 0 Å². The van der Waals surface area contributed by atoms with Crippen molar-refractivity contribution in [1.82, 2.24) is 13.4 Å². The number of hydrogen-bond acceptors (Lipinski definition) is 4. The standard InChI is InChI=1S/C14H16ClN3O4S/c1-16-9-12(13(19)18(3)14(16)20)23(21,22)17(2)8-10-4-6-11(15)7-5-10/h4-7,9H,8H2,1-3H3. The molecular weight excluding hydrogens is 342 g/mol. The van der Waals surface area contributed by atoms with Gasteiger partial charge in [0.25, 0.3) is 5.56 Å². The van der Waals surface area contributed by atoms with E-state index in [1.165, 1.54) is 21.1 Å². The number of hydrogen-bond donors (Lipinski definition) is 0. The lowest BCUT2D eigenvalue weighted by Crippen LogP contribution is -2.41. The number of aryl methyl sites for hydroxylation is 1. The number of aromatic nitrogens is 2. The van der Waals surface area contributed by atoms with Crippen LogP contribution in [0.15, 0.2) is 44.9 Å². The van der Waals surface area contributed by atoms with Crippen LogP contribution in [0, 0.1) is 0 Å². The van der Waals surface area contributed by atoms with Crippen molar-refractivity contribution in [3.05, 3.63) is 61.9 Å². The monoisotopic (exact) mass is 357 g/mol. The second-order valence-electron chi connectivity index (χ2n) is 5.14. The van der Waals surface area contributed by atoms with Gasteiger partial charge in [-0.1, -0.05) is 23.7 Å². The van der Waals surface area contributed by atoms with Gasteiger partial charge in [0.1, 0.15) is 0 Å². The van der Waals surface area contributed by atoms with E-state index < -0.39 is 26.2 Å². The quantitative estimate of drug-likeness (QED) is 0.800. The van der Waals surface area contributed by atoms with Gasteiger partial charge in [0.2, 0.25) is 10.0 Å². The fourth-order valence-electron chi connectivity index (χ4n) is 2.05. The molecule has 1 aromatic carbocycles. The van der Waals surface area contributed by atoms with E-state index in [1.807, 2.05) is 0 Å². The van der Waals surface area contributed by atoms with Gasteiger partial charge in [0.05, 0.1) is 0 Å². The van der Waals surface area contributed by atoms with E-state index in [-0.39, 0.29) is 6.54 Å². The molecule has 0 unspecified atom stereocenters. The lowest BCUT2D eigenvalue weighted by molar-refractivity contribution is 0.462. The summed E-state index contributed by atoms with van der Waals surface area (Å²) in [6.07, 6.45) is 1.04. The van der Waals surface area contributed by atoms with Crippen molar-refractivity contribution in [2.45, 2.75) is 11.4 Å². The van der Waals surface area contributed by atoms with Crippen LogP contribution < -0.4 is 11.2 Å². The maximum atomic E-state index is 12.6. The van der Waals surface area contributed by atoms with Crippen molar-refractivity contribution in [1.29, 1.82) is 0 Å². The van der Waals surface area contributed by atoms with E-state index in [0.29, 0.717) is 5.02 Å². The van der Waals surface area contributed by atoms with Crippen LogP contribution in [0.5, 0.6) is 0 Å². The first-order valence-corrected chi connectivity index (χ1v) is 8.44. The minimum atomic E-state index is -4.03. The topological polar surface area (TPSA) is 81.4 Å². The van der Waals surface area contributed by atoms with Crippen molar-refractivity contribution < 1.29 is 8.42 Å². The van der Waals surface area contributed by atoms with Crippen molar-refractivity contribution in [3.8, 4) is 0 Å². The van der Waals surface area contributed by atoms with Crippen LogP contribution in [-0.4, -0.2) is 28.9 Å². The third-order valence-electron chi connectivity index (χ3n) is 3.42. The Kier molecular flexibility index (Phi) is 4.79. The molecule has 0 bridgehead atoms. The summed E-state index contributed by atoms with van der Waals surface area (Å²) in [6, 6.07) is 6.71. The molecule has 0 N–H and O–H groups in total. The molecule has 0 fully saturated rings. The van der Waals surface area contributed by atoms with Crippen molar-refractivity contribution in [2.75, 3.05) is 7.05 Å². The third-order valence-corrected chi connectivity index (χ3v) is 5.46. The van der Waals surface area contributed by atoms with E-state index in [2.05, 4.69) is 0 Å². The fourth-order valence-corrected chi connectivity index (χ4v) is 3.48. The third kappa shape index (κ3) is 3.39. The molecule has 0 radical (unpaired) electrons. The Balaban J connectivity index is 2.44. The summed E-state index contributed by atoms with van der Waals surface area (Å²) in [5.41, 5.74) is -0.715. The van der Waals surface area contributed by atoms with Crippen LogP contribution >= 0.6 is 11.6 Å². The molecule has 1 heterocycles. The molecule has 7 nitrogen and oxygen atoms in total. The minimum absolute atomic E-state index is 0.0749. The van der Waals surface area contributed by atoms with Crippen LogP contribution in [0.25, 0.3) is 0 Å². The molecule has 9 heteroatoms. The van der Waals surface area contributed by atoms with Crippen LogP contribution in [0.4, 0.5) is 0 Å². The molecule has 0 aliphatic rings. The zero-order chi connectivity index (χ0) is 17.4. The van der Waals surface area contributed by atoms with Crippen LogP contribution in [-0.2, 0) is 30.7 Å². The molecule has 0 spiro atoms. The molecule has 23 heavy (non-hydrogen) atoms. The molecular formula is C14H16ClN3O4S. The summed E-state index contributed by atoms with van der Waals surface area (Å²) < 4.78 is 28.1.